The van der Waals surface area contributed by atoms with Gasteiger partial charge in [-0.2, -0.15) is 13.2 Å². The van der Waals surface area contributed by atoms with Gasteiger partial charge in [-0.1, -0.05) is 19.1 Å². The summed E-state index contributed by atoms with van der Waals surface area (Å²) < 4.78 is 52.5. The van der Waals surface area contributed by atoms with Crippen molar-refractivity contribution in [2.24, 2.45) is 5.92 Å². The molecule has 1 aliphatic heterocycles. The van der Waals surface area contributed by atoms with E-state index in [9.17, 15) is 18.0 Å². The number of nitrogens with zero attached hydrogens (tertiary/aromatic N) is 2. The standard InChI is InChI=1S/C24H29F3N2O3/c1-15-17(16-9-10-21(31-4)22(13-16)32-5)14-18-19(24(25,26)27)7-6-8-20(18)29(23(15)30)12-11-28(2)3/h6-10,13,15,17H,11-12,14H2,1-5H3/t15-,17-/m1/s1. The molecule has 1 heterocycles. The van der Waals surface area contributed by atoms with E-state index in [1.807, 2.05) is 19.0 Å². The Hall–Kier alpha value is -2.74. The average Bonchev–Trinajstić information content (AvgIpc) is 2.85. The first-order valence-corrected chi connectivity index (χ1v) is 10.5. The van der Waals surface area contributed by atoms with Gasteiger partial charge in [0.2, 0.25) is 5.91 Å². The van der Waals surface area contributed by atoms with Gasteiger partial charge in [-0.05, 0) is 61.8 Å². The van der Waals surface area contributed by atoms with Crippen LogP contribution < -0.4 is 14.4 Å². The fourth-order valence-electron chi connectivity index (χ4n) is 4.26. The van der Waals surface area contributed by atoms with Crippen LogP contribution in [0, 0.1) is 5.92 Å². The Labute approximate surface area is 186 Å². The lowest BCUT2D eigenvalue weighted by Crippen LogP contribution is -2.40. The van der Waals surface area contributed by atoms with E-state index in [2.05, 4.69) is 0 Å². The number of hydrogen-bond donors (Lipinski definition) is 0. The van der Waals surface area contributed by atoms with Gasteiger partial charge in [0.15, 0.2) is 11.5 Å². The summed E-state index contributed by atoms with van der Waals surface area (Å²) >= 11 is 0. The molecule has 2 aromatic carbocycles. The van der Waals surface area contributed by atoms with Crippen molar-refractivity contribution in [2.45, 2.75) is 25.4 Å². The molecule has 0 N–H and O–H groups in total. The average molecular weight is 451 g/mol. The topological polar surface area (TPSA) is 42.0 Å². The molecule has 0 aliphatic carbocycles. The van der Waals surface area contributed by atoms with Crippen molar-refractivity contribution in [1.82, 2.24) is 4.90 Å². The highest BCUT2D eigenvalue weighted by Crippen LogP contribution is 2.44. The summed E-state index contributed by atoms with van der Waals surface area (Å²) in [5.74, 6) is -0.169. The fourth-order valence-corrected chi connectivity index (χ4v) is 4.26. The quantitative estimate of drug-likeness (QED) is 0.646. The predicted molar refractivity (Wildman–Crippen MR) is 118 cm³/mol. The van der Waals surface area contributed by atoms with Crippen LogP contribution in [0.25, 0.3) is 0 Å². The van der Waals surface area contributed by atoms with E-state index in [4.69, 9.17) is 9.47 Å². The van der Waals surface area contributed by atoms with Crippen molar-refractivity contribution in [3.63, 3.8) is 0 Å². The molecule has 0 radical (unpaired) electrons. The lowest BCUT2D eigenvalue weighted by molar-refractivity contribution is -0.138. The van der Waals surface area contributed by atoms with Crippen molar-refractivity contribution in [3.8, 4) is 11.5 Å². The molecule has 0 fully saturated rings. The Bertz CT molecular complexity index is 975. The van der Waals surface area contributed by atoms with E-state index >= 15 is 0 Å². The van der Waals surface area contributed by atoms with Crippen LogP contribution in [0.15, 0.2) is 36.4 Å². The minimum absolute atomic E-state index is 0.0892. The van der Waals surface area contributed by atoms with E-state index < -0.39 is 23.6 Å². The molecule has 0 spiro atoms. The molecule has 2 aromatic rings. The maximum Gasteiger partial charge on any atom is 0.416 e. The van der Waals surface area contributed by atoms with Gasteiger partial charge < -0.3 is 19.3 Å². The molecule has 2 atom stereocenters. The van der Waals surface area contributed by atoms with Crippen LogP contribution in [0.1, 0.15) is 29.5 Å². The molecule has 1 amide bonds. The summed E-state index contributed by atoms with van der Waals surface area (Å²) in [5, 5.41) is 0. The Balaban J connectivity index is 2.16. The summed E-state index contributed by atoms with van der Waals surface area (Å²) in [4.78, 5) is 16.9. The highest BCUT2D eigenvalue weighted by molar-refractivity contribution is 5.97. The van der Waals surface area contributed by atoms with Gasteiger partial charge in [-0.25, -0.2) is 0 Å². The molecule has 0 saturated carbocycles. The van der Waals surface area contributed by atoms with Gasteiger partial charge in [0.05, 0.1) is 19.8 Å². The summed E-state index contributed by atoms with van der Waals surface area (Å²) in [6.45, 7) is 2.63. The third-order valence-corrected chi connectivity index (χ3v) is 6.04. The fraction of sp³-hybridized carbons (Fsp3) is 0.458. The first-order chi connectivity index (χ1) is 15.1. The monoisotopic (exact) mass is 450 g/mol. The predicted octanol–water partition coefficient (Wildman–Crippen LogP) is 4.59. The number of benzene rings is 2. The van der Waals surface area contributed by atoms with Crippen molar-refractivity contribution in [2.75, 3.05) is 46.3 Å². The van der Waals surface area contributed by atoms with Crippen LogP contribution in [-0.2, 0) is 17.4 Å². The molecular weight excluding hydrogens is 421 g/mol. The third-order valence-electron chi connectivity index (χ3n) is 6.04. The van der Waals surface area contributed by atoms with Gasteiger partial charge in [-0.3, -0.25) is 4.79 Å². The Morgan fingerprint density at radius 3 is 2.38 bits per heavy atom. The molecule has 0 unspecified atom stereocenters. The number of likely N-dealkylation sites (N-methyl/N-ethyl adjacent to an activating group) is 1. The molecule has 0 bridgehead atoms. The van der Waals surface area contributed by atoms with Crippen molar-refractivity contribution >= 4 is 11.6 Å². The number of anilines is 1. The lowest BCUT2D eigenvalue weighted by Gasteiger charge is -2.28. The van der Waals surface area contributed by atoms with Crippen LogP contribution in [-0.4, -0.2) is 52.2 Å². The van der Waals surface area contributed by atoms with E-state index in [0.29, 0.717) is 30.3 Å². The Morgan fingerprint density at radius 2 is 1.78 bits per heavy atom. The first kappa shape index (κ1) is 23.9. The number of fused-ring (bicyclic) bond motifs is 1. The molecule has 1 aliphatic rings. The molecular formula is C24H29F3N2O3. The molecule has 32 heavy (non-hydrogen) atoms. The number of methoxy groups -OCH3 is 2. The second kappa shape index (κ2) is 9.40. The van der Waals surface area contributed by atoms with Crippen LogP contribution in [0.2, 0.25) is 0 Å². The Kier molecular flexibility index (Phi) is 7.03. The maximum atomic E-state index is 13.9. The molecule has 174 valence electrons. The summed E-state index contributed by atoms with van der Waals surface area (Å²) in [7, 11) is 6.75. The van der Waals surface area contributed by atoms with Crippen LogP contribution >= 0.6 is 0 Å². The largest absolute Gasteiger partial charge is 0.493 e. The number of halogens is 3. The zero-order valence-corrected chi connectivity index (χ0v) is 19.0. The van der Waals surface area contributed by atoms with Gasteiger partial charge in [0, 0.05) is 24.7 Å². The Morgan fingerprint density at radius 1 is 1.09 bits per heavy atom. The van der Waals surface area contributed by atoms with Gasteiger partial charge >= 0.3 is 6.18 Å². The lowest BCUT2D eigenvalue weighted by atomic mass is 9.82. The number of amides is 1. The minimum atomic E-state index is -4.52. The smallest absolute Gasteiger partial charge is 0.416 e. The van der Waals surface area contributed by atoms with Crippen molar-refractivity contribution in [3.05, 3.63) is 53.1 Å². The molecule has 0 aromatic heterocycles. The van der Waals surface area contributed by atoms with Crippen LogP contribution in [0.4, 0.5) is 18.9 Å². The van der Waals surface area contributed by atoms with E-state index in [1.165, 1.54) is 25.2 Å². The first-order valence-electron chi connectivity index (χ1n) is 10.5. The zero-order chi connectivity index (χ0) is 23.6. The number of ether oxygens (including phenoxy) is 2. The van der Waals surface area contributed by atoms with Crippen LogP contribution in [0.5, 0.6) is 11.5 Å². The number of carbonyl (C=O) groups excluding carboxylic acids is 1. The number of hydrogen-bond acceptors (Lipinski definition) is 4. The van der Waals surface area contributed by atoms with Gasteiger partial charge in [0.25, 0.3) is 0 Å². The van der Waals surface area contributed by atoms with Crippen molar-refractivity contribution < 1.29 is 27.4 Å². The third kappa shape index (κ3) is 4.70. The second-order valence-corrected chi connectivity index (χ2v) is 8.31. The zero-order valence-electron chi connectivity index (χ0n) is 19.0. The van der Waals surface area contributed by atoms with Gasteiger partial charge in [0.1, 0.15) is 0 Å². The van der Waals surface area contributed by atoms with Crippen LogP contribution in [0.3, 0.4) is 0 Å². The SMILES string of the molecule is COc1ccc([C@@H]2Cc3c(cccc3C(F)(F)F)N(CCN(C)C)C(=O)[C@@H]2C)cc1OC. The van der Waals surface area contributed by atoms with E-state index in [1.54, 1.807) is 31.2 Å². The van der Waals surface area contributed by atoms with E-state index in [-0.39, 0.29) is 17.9 Å². The molecule has 3 rings (SSSR count). The van der Waals surface area contributed by atoms with E-state index in [0.717, 1.165) is 11.6 Å². The second-order valence-electron chi connectivity index (χ2n) is 8.31. The molecule has 5 nitrogen and oxygen atoms in total. The number of carbonyl (C=O) groups is 1. The minimum Gasteiger partial charge on any atom is -0.493 e. The summed E-state index contributed by atoms with van der Waals surface area (Å²) in [6, 6.07) is 9.34. The number of rotatable bonds is 6. The summed E-state index contributed by atoms with van der Waals surface area (Å²) in [6.07, 6.45) is -4.43. The normalized spacial score (nSPS) is 19.0. The highest BCUT2D eigenvalue weighted by Gasteiger charge is 2.41. The molecule has 0 saturated heterocycles. The number of alkyl halides is 3. The van der Waals surface area contributed by atoms with Gasteiger partial charge in [-0.15, -0.1) is 0 Å². The highest BCUT2D eigenvalue weighted by atomic mass is 19.4. The maximum absolute atomic E-state index is 13.9. The molecule has 8 heteroatoms. The summed E-state index contributed by atoms with van der Waals surface area (Å²) in [5.41, 5.74) is 0.524. The van der Waals surface area contributed by atoms with Crippen molar-refractivity contribution in [1.29, 1.82) is 0 Å².